The topological polar surface area (TPSA) is 28.2 Å². The van der Waals surface area contributed by atoms with Crippen LogP contribution in [0, 0.1) is 12.3 Å². The smallest absolute Gasteiger partial charge is 0.0573 e. The summed E-state index contributed by atoms with van der Waals surface area (Å²) in [6.45, 7) is 13.3. The molecule has 0 amide bonds. The van der Waals surface area contributed by atoms with E-state index in [1.165, 1.54) is 11.3 Å². The molecule has 1 unspecified atom stereocenters. The summed E-state index contributed by atoms with van der Waals surface area (Å²) in [4.78, 5) is 7.01. The summed E-state index contributed by atoms with van der Waals surface area (Å²) in [5.41, 5.74) is 2.83. The first-order valence-electron chi connectivity index (χ1n) is 6.83. The monoisotopic (exact) mass is 247 g/mol. The molecule has 3 heteroatoms. The number of hydrogen-bond donors (Lipinski definition) is 1. The van der Waals surface area contributed by atoms with E-state index in [0.29, 0.717) is 11.5 Å². The molecule has 0 saturated carbocycles. The van der Waals surface area contributed by atoms with E-state index in [9.17, 15) is 0 Å². The second-order valence-corrected chi connectivity index (χ2v) is 6.37. The van der Waals surface area contributed by atoms with Gasteiger partial charge in [0.25, 0.3) is 0 Å². The number of rotatable bonds is 2. The highest BCUT2D eigenvalue weighted by Crippen LogP contribution is 2.22. The molecule has 1 aliphatic rings. The van der Waals surface area contributed by atoms with E-state index < -0.39 is 0 Å². The second-order valence-electron chi connectivity index (χ2n) is 6.37. The molecule has 0 spiro atoms. The molecule has 100 valence electrons. The van der Waals surface area contributed by atoms with Crippen LogP contribution in [0.5, 0.6) is 0 Å². The van der Waals surface area contributed by atoms with Crippen LogP contribution in [-0.2, 0) is 6.54 Å². The van der Waals surface area contributed by atoms with Crippen molar-refractivity contribution in [3.63, 3.8) is 0 Å². The molecule has 3 nitrogen and oxygen atoms in total. The Labute approximate surface area is 111 Å². The van der Waals surface area contributed by atoms with Crippen molar-refractivity contribution >= 4 is 0 Å². The van der Waals surface area contributed by atoms with E-state index in [-0.39, 0.29) is 0 Å². The first kappa shape index (κ1) is 13.5. The van der Waals surface area contributed by atoms with Crippen LogP contribution in [0.1, 0.15) is 32.0 Å². The molecule has 1 atom stereocenters. The van der Waals surface area contributed by atoms with E-state index in [1.807, 2.05) is 12.3 Å². The fraction of sp³-hybridized carbons (Fsp3) is 0.667. The maximum atomic E-state index is 4.50. The van der Waals surface area contributed by atoms with E-state index in [1.54, 1.807) is 0 Å². The highest BCUT2D eigenvalue weighted by Gasteiger charge is 2.29. The Balaban J connectivity index is 2.00. The summed E-state index contributed by atoms with van der Waals surface area (Å²) in [5.74, 6) is 0. The Hall–Kier alpha value is -0.930. The van der Waals surface area contributed by atoms with Crippen molar-refractivity contribution in [2.45, 2.75) is 40.3 Å². The van der Waals surface area contributed by atoms with Crippen LogP contribution in [0.3, 0.4) is 0 Å². The van der Waals surface area contributed by atoms with Gasteiger partial charge in [0.2, 0.25) is 0 Å². The van der Waals surface area contributed by atoms with Gasteiger partial charge in [0.15, 0.2) is 0 Å². The van der Waals surface area contributed by atoms with Crippen LogP contribution in [0.15, 0.2) is 18.3 Å². The van der Waals surface area contributed by atoms with Crippen LogP contribution in [-0.4, -0.2) is 35.6 Å². The lowest BCUT2D eigenvalue weighted by Gasteiger charge is -2.40. The summed E-state index contributed by atoms with van der Waals surface area (Å²) in [6, 6.07) is 4.72. The van der Waals surface area contributed by atoms with Crippen LogP contribution in [0.25, 0.3) is 0 Å². The quantitative estimate of drug-likeness (QED) is 0.868. The van der Waals surface area contributed by atoms with Crippen molar-refractivity contribution in [1.29, 1.82) is 0 Å². The molecule has 0 bridgehead atoms. The first-order chi connectivity index (χ1) is 8.47. The lowest BCUT2D eigenvalue weighted by atomic mass is 9.85. The molecule has 0 radical (unpaired) electrons. The molecule has 0 aromatic carbocycles. The van der Waals surface area contributed by atoms with Crippen molar-refractivity contribution in [1.82, 2.24) is 15.2 Å². The maximum Gasteiger partial charge on any atom is 0.0573 e. The van der Waals surface area contributed by atoms with Gasteiger partial charge in [-0.3, -0.25) is 9.88 Å². The van der Waals surface area contributed by atoms with Gasteiger partial charge >= 0.3 is 0 Å². The van der Waals surface area contributed by atoms with Crippen molar-refractivity contribution in [3.05, 3.63) is 29.6 Å². The number of nitrogens with zero attached hydrogens (tertiary/aromatic N) is 2. The van der Waals surface area contributed by atoms with Gasteiger partial charge in [0.05, 0.1) is 5.69 Å². The number of hydrogen-bond acceptors (Lipinski definition) is 3. The summed E-state index contributed by atoms with van der Waals surface area (Å²) in [6.07, 6.45) is 1.89. The van der Waals surface area contributed by atoms with Crippen molar-refractivity contribution in [2.24, 2.45) is 5.41 Å². The fourth-order valence-corrected chi connectivity index (χ4v) is 2.43. The summed E-state index contributed by atoms with van der Waals surface area (Å²) in [7, 11) is 0. The van der Waals surface area contributed by atoms with E-state index in [0.717, 1.165) is 26.2 Å². The van der Waals surface area contributed by atoms with Crippen molar-refractivity contribution < 1.29 is 0 Å². The van der Waals surface area contributed by atoms with Gasteiger partial charge in [0, 0.05) is 38.4 Å². The predicted octanol–water partition coefficient (Wildman–Crippen LogP) is 2.21. The summed E-state index contributed by atoms with van der Waals surface area (Å²) < 4.78 is 0. The van der Waals surface area contributed by atoms with Gasteiger partial charge in [-0.2, -0.15) is 0 Å². The third kappa shape index (κ3) is 3.30. The molecular weight excluding hydrogens is 222 g/mol. The molecule has 1 aromatic heterocycles. The number of aromatic nitrogens is 1. The Morgan fingerprint density at radius 2 is 2.22 bits per heavy atom. The minimum Gasteiger partial charge on any atom is -0.311 e. The van der Waals surface area contributed by atoms with Gasteiger partial charge in [-0.15, -0.1) is 0 Å². The Morgan fingerprint density at radius 1 is 1.44 bits per heavy atom. The highest BCUT2D eigenvalue weighted by atomic mass is 15.2. The average molecular weight is 247 g/mol. The first-order valence-corrected chi connectivity index (χ1v) is 6.83. The maximum absolute atomic E-state index is 4.50. The van der Waals surface area contributed by atoms with Gasteiger partial charge in [-0.25, -0.2) is 0 Å². The molecule has 1 aromatic rings. The zero-order valence-corrected chi connectivity index (χ0v) is 12.0. The van der Waals surface area contributed by atoms with Crippen LogP contribution in [0.4, 0.5) is 0 Å². The van der Waals surface area contributed by atoms with Crippen molar-refractivity contribution in [3.8, 4) is 0 Å². The summed E-state index contributed by atoms with van der Waals surface area (Å²) >= 11 is 0. The third-order valence-corrected chi connectivity index (χ3v) is 3.80. The molecule has 2 heterocycles. The summed E-state index contributed by atoms with van der Waals surface area (Å²) in [5, 5.41) is 3.63. The van der Waals surface area contributed by atoms with Gasteiger partial charge < -0.3 is 5.32 Å². The lowest BCUT2D eigenvalue weighted by Crippen LogP contribution is -2.55. The molecule has 1 fully saturated rings. The predicted molar refractivity (Wildman–Crippen MR) is 75.5 cm³/mol. The van der Waals surface area contributed by atoms with Crippen LogP contribution < -0.4 is 5.32 Å². The van der Waals surface area contributed by atoms with Crippen LogP contribution >= 0.6 is 0 Å². The number of piperazine rings is 1. The van der Waals surface area contributed by atoms with E-state index >= 15 is 0 Å². The Bertz CT molecular complexity index is 395. The van der Waals surface area contributed by atoms with Crippen LogP contribution in [0.2, 0.25) is 0 Å². The minimum atomic E-state index is 0.317. The number of nitrogens with one attached hydrogen (secondary N) is 1. The van der Waals surface area contributed by atoms with Gasteiger partial charge in [-0.05, 0) is 24.0 Å². The standard InChI is InChI=1S/C15H25N3/c1-12-6-5-7-16-13(12)10-18-9-8-17-14(11-18)15(2,3)4/h5-7,14,17H,8-11H2,1-4H3. The molecule has 2 rings (SSSR count). The fourth-order valence-electron chi connectivity index (χ4n) is 2.43. The largest absolute Gasteiger partial charge is 0.311 e. The zero-order chi connectivity index (χ0) is 13.2. The van der Waals surface area contributed by atoms with E-state index in [2.05, 4.69) is 49.0 Å². The molecule has 1 saturated heterocycles. The van der Waals surface area contributed by atoms with Gasteiger partial charge in [-0.1, -0.05) is 26.8 Å². The number of aryl methyl sites for hydroxylation is 1. The Kier molecular flexibility index (Phi) is 4.03. The Morgan fingerprint density at radius 3 is 2.89 bits per heavy atom. The average Bonchev–Trinajstić information content (AvgIpc) is 2.31. The third-order valence-electron chi connectivity index (χ3n) is 3.80. The number of pyridine rings is 1. The van der Waals surface area contributed by atoms with Gasteiger partial charge in [0.1, 0.15) is 0 Å². The van der Waals surface area contributed by atoms with E-state index in [4.69, 9.17) is 0 Å². The molecule has 18 heavy (non-hydrogen) atoms. The SMILES string of the molecule is Cc1cccnc1CN1CCNC(C(C)(C)C)C1. The molecule has 0 aliphatic carbocycles. The van der Waals surface area contributed by atoms with Crippen molar-refractivity contribution in [2.75, 3.05) is 19.6 Å². The highest BCUT2D eigenvalue weighted by molar-refractivity contribution is 5.17. The molecule has 1 aliphatic heterocycles. The second kappa shape index (κ2) is 5.37. The zero-order valence-electron chi connectivity index (χ0n) is 12.0. The minimum absolute atomic E-state index is 0.317. The lowest BCUT2D eigenvalue weighted by molar-refractivity contribution is 0.128. The molecular formula is C15H25N3. The molecule has 1 N–H and O–H groups in total. The normalized spacial score (nSPS) is 22.1.